The van der Waals surface area contributed by atoms with E-state index in [1.165, 1.54) is 29.9 Å². The first-order valence-corrected chi connectivity index (χ1v) is 11.2. The van der Waals surface area contributed by atoms with Crippen molar-refractivity contribution >= 4 is 23.4 Å². The van der Waals surface area contributed by atoms with Crippen LogP contribution in [0.2, 0.25) is 0 Å². The second-order valence-corrected chi connectivity index (χ2v) is 9.03. The highest BCUT2D eigenvalue weighted by atomic mass is 32.1. The molecule has 2 aliphatic rings. The quantitative estimate of drug-likeness (QED) is 0.554. The molecule has 3 N–H and O–H groups in total. The number of rotatable bonds is 6. The van der Waals surface area contributed by atoms with E-state index in [-0.39, 0.29) is 23.5 Å². The Kier molecular flexibility index (Phi) is 5.81. The van der Waals surface area contributed by atoms with Crippen molar-refractivity contribution in [1.29, 1.82) is 0 Å². The number of benzene rings is 1. The van der Waals surface area contributed by atoms with E-state index >= 15 is 0 Å². The molecule has 2 atom stereocenters. The molecule has 1 aliphatic carbocycles. The van der Waals surface area contributed by atoms with Gasteiger partial charge in [0.15, 0.2) is 6.29 Å². The molecule has 0 amide bonds. The molecule has 2 fully saturated rings. The molecule has 0 bridgehead atoms. The van der Waals surface area contributed by atoms with E-state index in [0.29, 0.717) is 11.3 Å². The number of carbonyl (C=O) groups is 2. The van der Waals surface area contributed by atoms with Gasteiger partial charge >= 0.3 is 0 Å². The van der Waals surface area contributed by atoms with Gasteiger partial charge in [-0.1, -0.05) is 31.4 Å². The van der Waals surface area contributed by atoms with Crippen molar-refractivity contribution in [3.05, 3.63) is 45.9 Å². The zero-order valence-electron chi connectivity index (χ0n) is 16.4. The van der Waals surface area contributed by atoms with Gasteiger partial charge in [-0.15, -0.1) is 11.3 Å². The van der Waals surface area contributed by atoms with Crippen molar-refractivity contribution in [2.75, 3.05) is 6.54 Å². The van der Waals surface area contributed by atoms with Gasteiger partial charge in [0.2, 0.25) is 5.78 Å². The van der Waals surface area contributed by atoms with Crippen LogP contribution in [0.1, 0.15) is 72.0 Å². The molecule has 7 heteroatoms. The van der Waals surface area contributed by atoms with Gasteiger partial charge in [0, 0.05) is 17.5 Å². The fraction of sp³-hybridized carbons (Fsp3) is 0.500. The molecule has 1 saturated carbocycles. The van der Waals surface area contributed by atoms with Crippen LogP contribution in [0.15, 0.2) is 29.6 Å². The molecule has 1 aromatic heterocycles. The maximum Gasteiger partial charge on any atom is 0.212 e. The number of hydrogen-bond donors (Lipinski definition) is 2. The van der Waals surface area contributed by atoms with Gasteiger partial charge in [-0.2, -0.15) is 0 Å². The lowest BCUT2D eigenvalue weighted by Gasteiger charge is -2.44. The van der Waals surface area contributed by atoms with Gasteiger partial charge in [-0.3, -0.25) is 14.5 Å². The minimum Gasteiger partial charge on any atom is -0.508 e. The number of phenols is 1. The largest absolute Gasteiger partial charge is 0.508 e. The van der Waals surface area contributed by atoms with Crippen LogP contribution >= 0.6 is 11.3 Å². The summed E-state index contributed by atoms with van der Waals surface area (Å²) in [4.78, 5) is 31.6. The molecule has 0 spiro atoms. The van der Waals surface area contributed by atoms with Crippen LogP contribution in [0.4, 0.5) is 0 Å². The van der Waals surface area contributed by atoms with Crippen molar-refractivity contribution in [3.8, 4) is 5.75 Å². The zero-order chi connectivity index (χ0) is 20.4. The molecule has 2 aromatic rings. The average Bonchev–Trinajstić information content (AvgIpc) is 3.43. The summed E-state index contributed by atoms with van der Waals surface area (Å²) in [6.07, 6.45) is 8.20. The van der Waals surface area contributed by atoms with E-state index in [1.807, 2.05) is 0 Å². The summed E-state index contributed by atoms with van der Waals surface area (Å²) in [5, 5.41) is 12.2. The molecule has 6 nitrogen and oxygen atoms in total. The molecule has 0 unspecified atom stereocenters. The maximum atomic E-state index is 12.7. The number of nitrogens with two attached hydrogens (primary N) is 1. The number of ketones is 1. The number of hydrogen-bond acceptors (Lipinski definition) is 7. The minimum atomic E-state index is -0.970. The monoisotopic (exact) mass is 413 g/mol. The summed E-state index contributed by atoms with van der Waals surface area (Å²) in [5.41, 5.74) is 6.53. The summed E-state index contributed by atoms with van der Waals surface area (Å²) >= 11 is 1.44. The molecule has 2 heterocycles. The Morgan fingerprint density at radius 1 is 1.24 bits per heavy atom. The van der Waals surface area contributed by atoms with Crippen LogP contribution in [-0.2, 0) is 4.79 Å². The number of nitrogens with zero attached hydrogens (tertiary/aromatic N) is 2. The van der Waals surface area contributed by atoms with Gasteiger partial charge < -0.3 is 10.8 Å². The molecule has 154 valence electrons. The Morgan fingerprint density at radius 3 is 2.76 bits per heavy atom. The van der Waals surface area contributed by atoms with Crippen LogP contribution < -0.4 is 5.73 Å². The average molecular weight is 414 g/mol. The number of aromatic hydroxyl groups is 1. The molecule has 0 radical (unpaired) electrons. The predicted octanol–water partition coefficient (Wildman–Crippen LogP) is 3.65. The Bertz CT molecular complexity index is 893. The lowest BCUT2D eigenvalue weighted by Crippen LogP contribution is -2.62. The third kappa shape index (κ3) is 3.86. The van der Waals surface area contributed by atoms with Gasteiger partial charge in [-0.05, 0) is 43.7 Å². The summed E-state index contributed by atoms with van der Waals surface area (Å²) in [6.45, 7) is 0.770. The third-order valence-electron chi connectivity index (χ3n) is 6.35. The second kappa shape index (κ2) is 8.34. The maximum absolute atomic E-state index is 12.7. The zero-order valence-corrected chi connectivity index (χ0v) is 17.2. The van der Waals surface area contributed by atoms with Gasteiger partial charge in [0.25, 0.3) is 0 Å². The predicted molar refractivity (Wildman–Crippen MR) is 112 cm³/mol. The number of carbonyl (C=O) groups excluding carboxylic acids is 2. The number of aromatic nitrogens is 1. The van der Waals surface area contributed by atoms with Crippen molar-refractivity contribution in [3.63, 3.8) is 0 Å². The van der Waals surface area contributed by atoms with E-state index in [4.69, 9.17) is 5.73 Å². The normalized spacial score (nSPS) is 23.0. The number of phenolic OH excluding ortho intramolecular Hbond substituents is 1. The number of likely N-dealkylation sites (tertiary alicyclic amines) is 1. The third-order valence-corrected chi connectivity index (χ3v) is 7.29. The molecule has 4 rings (SSSR count). The fourth-order valence-electron chi connectivity index (χ4n) is 4.79. The molecule has 1 aromatic carbocycles. The lowest BCUT2D eigenvalue weighted by molar-refractivity contribution is -0.124. The first kappa shape index (κ1) is 20.2. The standard InChI is InChI=1S/C22H27N3O3S/c23-22(14-26,16-7-2-1-3-8-16)25-11-5-10-19(25)21-24-18(13-29-21)20(28)15-6-4-9-17(27)12-15/h4,6,9,12-14,16,19,27H,1-3,5,7-8,10-11,23H2/t19-,22+/m0/s1. The van der Waals surface area contributed by atoms with E-state index in [1.54, 1.807) is 17.5 Å². The lowest BCUT2D eigenvalue weighted by atomic mass is 9.79. The second-order valence-electron chi connectivity index (χ2n) is 8.14. The number of aldehydes is 1. The molecule has 1 aliphatic heterocycles. The van der Waals surface area contributed by atoms with Crippen molar-refractivity contribution in [1.82, 2.24) is 9.88 Å². The summed E-state index contributed by atoms with van der Waals surface area (Å²) in [7, 11) is 0. The fourth-order valence-corrected chi connectivity index (χ4v) is 5.74. The van der Waals surface area contributed by atoms with E-state index in [0.717, 1.165) is 56.4 Å². The first-order valence-electron chi connectivity index (χ1n) is 10.3. The highest BCUT2D eigenvalue weighted by molar-refractivity contribution is 7.10. The van der Waals surface area contributed by atoms with Crippen LogP contribution in [-0.4, -0.2) is 39.3 Å². The Balaban J connectivity index is 1.58. The van der Waals surface area contributed by atoms with Crippen molar-refractivity contribution < 1.29 is 14.7 Å². The van der Waals surface area contributed by atoms with Gasteiger partial charge in [-0.25, -0.2) is 4.98 Å². The highest BCUT2D eigenvalue weighted by Crippen LogP contribution is 2.42. The number of thiazole rings is 1. The summed E-state index contributed by atoms with van der Waals surface area (Å²) in [6, 6.07) is 6.26. The molecule has 29 heavy (non-hydrogen) atoms. The minimum absolute atomic E-state index is 0.0390. The highest BCUT2D eigenvalue weighted by Gasteiger charge is 2.46. The van der Waals surface area contributed by atoms with Gasteiger partial charge in [0.1, 0.15) is 22.1 Å². The van der Waals surface area contributed by atoms with Crippen molar-refractivity contribution in [2.45, 2.75) is 56.7 Å². The van der Waals surface area contributed by atoms with Crippen molar-refractivity contribution in [2.24, 2.45) is 11.7 Å². The SMILES string of the molecule is N[C@@](C=O)(C1CCCCC1)N1CCC[C@H]1c1nc(C(=O)c2cccc(O)c2)cs1. The van der Waals surface area contributed by atoms with Crippen LogP contribution in [0.5, 0.6) is 5.75 Å². The van der Waals surface area contributed by atoms with Crippen LogP contribution in [0, 0.1) is 5.92 Å². The Hall–Kier alpha value is -2.09. The van der Waals surface area contributed by atoms with Crippen LogP contribution in [0.25, 0.3) is 0 Å². The Labute approximate surface area is 174 Å². The molecule has 1 saturated heterocycles. The molecular formula is C22H27N3O3S. The van der Waals surface area contributed by atoms with E-state index in [9.17, 15) is 14.7 Å². The van der Waals surface area contributed by atoms with E-state index in [2.05, 4.69) is 9.88 Å². The van der Waals surface area contributed by atoms with Crippen LogP contribution in [0.3, 0.4) is 0 Å². The molecular weight excluding hydrogens is 386 g/mol. The Morgan fingerprint density at radius 2 is 2.03 bits per heavy atom. The first-order chi connectivity index (χ1) is 14.0. The summed E-state index contributed by atoms with van der Waals surface area (Å²) < 4.78 is 0. The van der Waals surface area contributed by atoms with E-state index < -0.39 is 5.66 Å². The topological polar surface area (TPSA) is 96.5 Å². The van der Waals surface area contributed by atoms with Gasteiger partial charge in [0.05, 0.1) is 6.04 Å². The summed E-state index contributed by atoms with van der Waals surface area (Å²) in [5.74, 6) is 0.0111. The smallest absolute Gasteiger partial charge is 0.212 e.